The first-order valence-electron chi connectivity index (χ1n) is 9.34. The Hall–Kier alpha value is -3.08. The van der Waals surface area contributed by atoms with E-state index in [0.717, 1.165) is 43.1 Å². The van der Waals surface area contributed by atoms with Crippen LogP contribution in [0.4, 0.5) is 5.69 Å². The second-order valence-corrected chi connectivity index (χ2v) is 7.00. The van der Waals surface area contributed by atoms with Crippen LogP contribution in [0.1, 0.15) is 21.6 Å². The fourth-order valence-electron chi connectivity index (χ4n) is 3.64. The molecule has 1 amide bonds. The minimum absolute atomic E-state index is 0.100. The first kappa shape index (κ1) is 17.3. The summed E-state index contributed by atoms with van der Waals surface area (Å²) in [6.07, 6.45) is 1.78. The number of aryl methyl sites for hydroxylation is 2. The Morgan fingerprint density at radius 1 is 0.889 bits per heavy atom. The predicted molar refractivity (Wildman–Crippen MR) is 108 cm³/mol. The van der Waals surface area contributed by atoms with Gasteiger partial charge in [-0.15, -0.1) is 0 Å². The number of nitrogens with zero attached hydrogens (tertiary/aromatic N) is 4. The molecule has 1 aliphatic heterocycles. The maximum absolute atomic E-state index is 12.9. The van der Waals surface area contributed by atoms with Crippen LogP contribution in [-0.4, -0.2) is 46.8 Å². The molecule has 2 aromatic carbocycles. The van der Waals surface area contributed by atoms with Gasteiger partial charge in [0.25, 0.3) is 5.91 Å². The normalized spacial score (nSPS) is 14.4. The van der Waals surface area contributed by atoms with Gasteiger partial charge in [0.2, 0.25) is 0 Å². The lowest BCUT2D eigenvalue weighted by Crippen LogP contribution is -2.49. The number of benzene rings is 2. The Bertz CT molecular complexity index is 937. The summed E-state index contributed by atoms with van der Waals surface area (Å²) in [6, 6.07) is 18.1. The number of para-hydroxylation sites is 1. The van der Waals surface area contributed by atoms with Gasteiger partial charge in [-0.1, -0.05) is 18.2 Å². The van der Waals surface area contributed by atoms with Crippen LogP contribution < -0.4 is 4.90 Å². The molecule has 2 heterocycles. The zero-order chi connectivity index (χ0) is 18.8. The Kier molecular flexibility index (Phi) is 4.67. The maximum atomic E-state index is 12.9. The molecule has 0 radical (unpaired) electrons. The van der Waals surface area contributed by atoms with E-state index in [1.165, 1.54) is 11.3 Å². The first-order chi connectivity index (χ1) is 13.1. The highest BCUT2D eigenvalue weighted by atomic mass is 16.2. The molecule has 27 heavy (non-hydrogen) atoms. The van der Waals surface area contributed by atoms with Gasteiger partial charge in [-0.2, -0.15) is 5.10 Å². The topological polar surface area (TPSA) is 41.4 Å². The van der Waals surface area contributed by atoms with E-state index in [1.54, 1.807) is 6.20 Å². The average molecular weight is 360 g/mol. The number of carbonyl (C=O) groups excluding carboxylic acids is 1. The van der Waals surface area contributed by atoms with Crippen LogP contribution in [-0.2, 0) is 0 Å². The molecule has 1 aliphatic rings. The highest BCUT2D eigenvalue weighted by molar-refractivity contribution is 5.94. The van der Waals surface area contributed by atoms with Gasteiger partial charge in [-0.25, -0.2) is 4.68 Å². The number of carbonyl (C=O) groups is 1. The SMILES string of the molecule is Cc1ccccc1N1CCN(C(=O)c2ccc(-n3nccc3C)cc2)CC1. The van der Waals surface area contributed by atoms with Crippen molar-refractivity contribution in [2.75, 3.05) is 31.1 Å². The van der Waals surface area contributed by atoms with E-state index in [2.05, 4.69) is 41.2 Å². The summed E-state index contributed by atoms with van der Waals surface area (Å²) in [6.45, 7) is 7.36. The molecule has 4 rings (SSSR count). The minimum Gasteiger partial charge on any atom is -0.368 e. The van der Waals surface area contributed by atoms with Crippen LogP contribution in [0.25, 0.3) is 5.69 Å². The summed E-state index contributed by atoms with van der Waals surface area (Å²) in [5, 5.41) is 4.31. The largest absolute Gasteiger partial charge is 0.368 e. The Balaban J connectivity index is 1.42. The molecule has 3 aromatic rings. The summed E-state index contributed by atoms with van der Waals surface area (Å²) in [5.41, 5.74) is 5.32. The summed E-state index contributed by atoms with van der Waals surface area (Å²) in [4.78, 5) is 17.2. The fraction of sp³-hybridized carbons (Fsp3) is 0.273. The number of hydrogen-bond donors (Lipinski definition) is 0. The van der Waals surface area contributed by atoms with Crippen molar-refractivity contribution in [2.24, 2.45) is 0 Å². The highest BCUT2D eigenvalue weighted by Gasteiger charge is 2.23. The van der Waals surface area contributed by atoms with Crippen LogP contribution in [0, 0.1) is 13.8 Å². The molecule has 1 fully saturated rings. The molecular formula is C22H24N4O. The predicted octanol–water partition coefficient (Wildman–Crippen LogP) is 3.45. The van der Waals surface area contributed by atoms with Crippen molar-refractivity contribution in [1.29, 1.82) is 0 Å². The van der Waals surface area contributed by atoms with Crippen molar-refractivity contribution in [1.82, 2.24) is 14.7 Å². The number of hydrogen-bond acceptors (Lipinski definition) is 3. The summed E-state index contributed by atoms with van der Waals surface area (Å²) < 4.78 is 1.87. The number of amides is 1. The van der Waals surface area contributed by atoms with Gasteiger partial charge in [-0.05, 0) is 55.8 Å². The van der Waals surface area contributed by atoms with Crippen LogP contribution in [0.2, 0.25) is 0 Å². The highest BCUT2D eigenvalue weighted by Crippen LogP contribution is 2.21. The third-order valence-electron chi connectivity index (χ3n) is 5.21. The molecule has 0 N–H and O–H groups in total. The van der Waals surface area contributed by atoms with E-state index >= 15 is 0 Å². The molecule has 138 valence electrons. The third-order valence-corrected chi connectivity index (χ3v) is 5.21. The number of piperazine rings is 1. The first-order valence-corrected chi connectivity index (χ1v) is 9.34. The van der Waals surface area contributed by atoms with Gasteiger partial charge in [0, 0.05) is 49.3 Å². The zero-order valence-corrected chi connectivity index (χ0v) is 15.8. The number of rotatable bonds is 3. The molecule has 5 nitrogen and oxygen atoms in total. The van der Waals surface area contributed by atoms with E-state index in [1.807, 2.05) is 46.8 Å². The van der Waals surface area contributed by atoms with Gasteiger partial charge in [-0.3, -0.25) is 4.79 Å². The van der Waals surface area contributed by atoms with Crippen molar-refractivity contribution < 1.29 is 4.79 Å². The van der Waals surface area contributed by atoms with Crippen LogP contribution in [0.3, 0.4) is 0 Å². The molecule has 0 saturated carbocycles. The average Bonchev–Trinajstić information content (AvgIpc) is 3.14. The lowest BCUT2D eigenvalue weighted by atomic mass is 10.1. The molecule has 1 saturated heterocycles. The summed E-state index contributed by atoms with van der Waals surface area (Å²) in [5.74, 6) is 0.100. The molecular weight excluding hydrogens is 336 g/mol. The van der Waals surface area contributed by atoms with Crippen molar-refractivity contribution in [2.45, 2.75) is 13.8 Å². The number of anilines is 1. The van der Waals surface area contributed by atoms with Crippen molar-refractivity contribution in [3.05, 3.63) is 77.6 Å². The van der Waals surface area contributed by atoms with Gasteiger partial charge in [0.15, 0.2) is 0 Å². The zero-order valence-electron chi connectivity index (χ0n) is 15.8. The Morgan fingerprint density at radius 3 is 2.22 bits per heavy atom. The van der Waals surface area contributed by atoms with E-state index in [0.29, 0.717) is 0 Å². The minimum atomic E-state index is 0.100. The maximum Gasteiger partial charge on any atom is 0.253 e. The van der Waals surface area contributed by atoms with Gasteiger partial charge in [0.1, 0.15) is 0 Å². The standard InChI is InChI=1S/C22H24N4O/c1-17-5-3-4-6-21(17)24-13-15-25(16-14-24)22(27)19-7-9-20(10-8-19)26-18(2)11-12-23-26/h3-12H,13-16H2,1-2H3. The van der Waals surface area contributed by atoms with Crippen LogP contribution in [0.15, 0.2) is 60.8 Å². The van der Waals surface area contributed by atoms with E-state index in [-0.39, 0.29) is 5.91 Å². The smallest absolute Gasteiger partial charge is 0.253 e. The summed E-state index contributed by atoms with van der Waals surface area (Å²) in [7, 11) is 0. The monoisotopic (exact) mass is 360 g/mol. The Morgan fingerprint density at radius 2 is 1.59 bits per heavy atom. The van der Waals surface area contributed by atoms with Crippen molar-refractivity contribution >= 4 is 11.6 Å². The fourth-order valence-corrected chi connectivity index (χ4v) is 3.64. The Labute approximate surface area is 159 Å². The molecule has 1 aromatic heterocycles. The molecule has 0 spiro atoms. The quantitative estimate of drug-likeness (QED) is 0.718. The molecule has 0 atom stereocenters. The molecule has 0 bridgehead atoms. The van der Waals surface area contributed by atoms with Gasteiger partial charge < -0.3 is 9.80 Å². The van der Waals surface area contributed by atoms with Gasteiger partial charge >= 0.3 is 0 Å². The second-order valence-electron chi connectivity index (χ2n) is 7.00. The van der Waals surface area contributed by atoms with E-state index in [9.17, 15) is 4.79 Å². The summed E-state index contributed by atoms with van der Waals surface area (Å²) >= 11 is 0. The van der Waals surface area contributed by atoms with E-state index in [4.69, 9.17) is 0 Å². The van der Waals surface area contributed by atoms with Gasteiger partial charge in [0.05, 0.1) is 5.69 Å². The lowest BCUT2D eigenvalue weighted by Gasteiger charge is -2.36. The third kappa shape index (κ3) is 3.45. The molecule has 5 heteroatoms. The lowest BCUT2D eigenvalue weighted by molar-refractivity contribution is 0.0747. The second kappa shape index (κ2) is 7.27. The van der Waals surface area contributed by atoms with Crippen molar-refractivity contribution in [3.63, 3.8) is 0 Å². The van der Waals surface area contributed by atoms with Crippen LogP contribution >= 0.6 is 0 Å². The van der Waals surface area contributed by atoms with Crippen molar-refractivity contribution in [3.8, 4) is 5.69 Å². The number of aromatic nitrogens is 2. The van der Waals surface area contributed by atoms with E-state index < -0.39 is 0 Å². The van der Waals surface area contributed by atoms with Crippen LogP contribution in [0.5, 0.6) is 0 Å². The molecule has 0 unspecified atom stereocenters. The molecule has 0 aliphatic carbocycles.